The average Bonchev–Trinajstić information content (AvgIpc) is 2.50. The molecule has 21 heavy (non-hydrogen) atoms. The van der Waals surface area contributed by atoms with Crippen LogP contribution in [0.25, 0.3) is 0 Å². The average molecular weight is 286 g/mol. The molecule has 0 amide bonds. The van der Waals surface area contributed by atoms with Gasteiger partial charge in [-0.05, 0) is 31.2 Å². The lowest BCUT2D eigenvalue weighted by atomic mass is 9.86. The van der Waals surface area contributed by atoms with Crippen LogP contribution < -0.4 is 0 Å². The van der Waals surface area contributed by atoms with Crippen LogP contribution in [0, 0.1) is 12.8 Å². The lowest BCUT2D eigenvalue weighted by Crippen LogP contribution is -2.50. The molecule has 1 aliphatic heterocycles. The first kappa shape index (κ1) is 15.1. The quantitative estimate of drug-likeness (QED) is 0.836. The Labute approximate surface area is 130 Å². The van der Waals surface area contributed by atoms with Gasteiger partial charge in [-0.3, -0.25) is 9.80 Å². The highest BCUT2D eigenvalue weighted by Crippen LogP contribution is 2.28. The third-order valence-corrected chi connectivity index (χ3v) is 5.36. The van der Waals surface area contributed by atoms with E-state index in [1.165, 1.54) is 63.0 Å². The fourth-order valence-corrected chi connectivity index (χ4v) is 3.97. The van der Waals surface area contributed by atoms with Crippen LogP contribution in [-0.4, -0.2) is 42.0 Å². The Balaban J connectivity index is 1.47. The molecule has 2 atom stereocenters. The van der Waals surface area contributed by atoms with E-state index in [0.29, 0.717) is 0 Å². The van der Waals surface area contributed by atoms with Crippen molar-refractivity contribution in [3.63, 3.8) is 0 Å². The first-order valence-electron chi connectivity index (χ1n) is 8.72. The molecule has 0 aromatic heterocycles. The molecule has 0 radical (unpaired) electrons. The molecule has 1 heterocycles. The van der Waals surface area contributed by atoms with Gasteiger partial charge in [0.15, 0.2) is 0 Å². The molecular formula is C19H30N2. The number of piperazine rings is 1. The highest BCUT2D eigenvalue weighted by atomic mass is 15.3. The summed E-state index contributed by atoms with van der Waals surface area (Å²) in [5.74, 6) is 0.939. The van der Waals surface area contributed by atoms with E-state index in [1.54, 1.807) is 0 Å². The summed E-state index contributed by atoms with van der Waals surface area (Å²) in [7, 11) is 0. The van der Waals surface area contributed by atoms with Crippen molar-refractivity contribution in [1.82, 2.24) is 9.80 Å². The van der Waals surface area contributed by atoms with Gasteiger partial charge in [0.05, 0.1) is 0 Å². The minimum atomic E-state index is 0.871. The van der Waals surface area contributed by atoms with Crippen LogP contribution >= 0.6 is 0 Å². The minimum absolute atomic E-state index is 0.871. The van der Waals surface area contributed by atoms with Crippen LogP contribution in [0.3, 0.4) is 0 Å². The van der Waals surface area contributed by atoms with Crippen LogP contribution in [0.15, 0.2) is 24.3 Å². The SMILES string of the molecule is Cc1ccc(CN2CCN(C3CCCC(C)C3)CC2)cc1. The number of rotatable bonds is 3. The largest absolute Gasteiger partial charge is 0.298 e. The zero-order valence-corrected chi connectivity index (χ0v) is 13.7. The van der Waals surface area contributed by atoms with E-state index in [1.807, 2.05) is 0 Å². The standard InChI is InChI=1S/C19H30N2/c1-16-6-8-18(9-7-16)15-20-10-12-21(13-11-20)19-5-3-4-17(2)14-19/h6-9,17,19H,3-5,10-15H2,1-2H3. The van der Waals surface area contributed by atoms with Crippen molar-refractivity contribution < 1.29 is 0 Å². The lowest BCUT2D eigenvalue weighted by molar-refractivity contribution is 0.0659. The maximum atomic E-state index is 2.77. The minimum Gasteiger partial charge on any atom is -0.298 e. The normalized spacial score (nSPS) is 28.7. The van der Waals surface area contributed by atoms with Crippen LogP contribution in [0.2, 0.25) is 0 Å². The third-order valence-electron chi connectivity index (χ3n) is 5.36. The molecule has 2 heteroatoms. The van der Waals surface area contributed by atoms with E-state index < -0.39 is 0 Å². The van der Waals surface area contributed by atoms with Crippen molar-refractivity contribution in [2.75, 3.05) is 26.2 Å². The fourth-order valence-electron chi connectivity index (χ4n) is 3.97. The van der Waals surface area contributed by atoms with Crippen molar-refractivity contribution in [1.29, 1.82) is 0 Å². The molecule has 116 valence electrons. The Hall–Kier alpha value is -0.860. The van der Waals surface area contributed by atoms with Crippen molar-refractivity contribution in [3.8, 4) is 0 Å². The van der Waals surface area contributed by atoms with Gasteiger partial charge in [0, 0.05) is 38.8 Å². The van der Waals surface area contributed by atoms with Gasteiger partial charge in [-0.1, -0.05) is 49.6 Å². The van der Waals surface area contributed by atoms with Gasteiger partial charge in [-0.15, -0.1) is 0 Å². The van der Waals surface area contributed by atoms with Gasteiger partial charge in [0.2, 0.25) is 0 Å². The number of benzene rings is 1. The Bertz CT molecular complexity index is 431. The zero-order valence-electron chi connectivity index (χ0n) is 13.7. The summed E-state index contributed by atoms with van der Waals surface area (Å²) in [5, 5.41) is 0. The van der Waals surface area contributed by atoms with E-state index in [9.17, 15) is 0 Å². The first-order valence-corrected chi connectivity index (χ1v) is 8.72. The number of hydrogen-bond donors (Lipinski definition) is 0. The van der Waals surface area contributed by atoms with Crippen LogP contribution in [0.5, 0.6) is 0 Å². The van der Waals surface area contributed by atoms with Gasteiger partial charge >= 0.3 is 0 Å². The Kier molecular flexibility index (Phi) is 4.97. The van der Waals surface area contributed by atoms with Gasteiger partial charge in [0.1, 0.15) is 0 Å². The smallest absolute Gasteiger partial charge is 0.0234 e. The van der Waals surface area contributed by atoms with Crippen molar-refractivity contribution in [2.24, 2.45) is 5.92 Å². The Morgan fingerprint density at radius 2 is 1.71 bits per heavy atom. The third kappa shape index (κ3) is 4.08. The van der Waals surface area contributed by atoms with Crippen LogP contribution in [0.1, 0.15) is 43.7 Å². The summed E-state index contributed by atoms with van der Waals surface area (Å²) in [4.78, 5) is 5.38. The van der Waals surface area contributed by atoms with Crippen molar-refractivity contribution in [2.45, 2.75) is 52.1 Å². The Morgan fingerprint density at radius 1 is 1.00 bits per heavy atom. The second kappa shape index (κ2) is 6.93. The molecule has 0 bridgehead atoms. The number of hydrogen-bond acceptors (Lipinski definition) is 2. The van der Waals surface area contributed by atoms with E-state index in [2.05, 4.69) is 47.9 Å². The molecule has 0 spiro atoms. The molecular weight excluding hydrogens is 256 g/mol. The summed E-state index contributed by atoms with van der Waals surface area (Å²) in [5.41, 5.74) is 2.82. The van der Waals surface area contributed by atoms with Gasteiger partial charge in [0.25, 0.3) is 0 Å². The molecule has 2 nitrogen and oxygen atoms in total. The molecule has 1 aromatic carbocycles. The second-order valence-corrected chi connectivity index (χ2v) is 7.22. The summed E-state index contributed by atoms with van der Waals surface area (Å²) in [6.07, 6.45) is 5.75. The van der Waals surface area contributed by atoms with Crippen LogP contribution in [-0.2, 0) is 6.54 Å². The summed E-state index contributed by atoms with van der Waals surface area (Å²) < 4.78 is 0. The second-order valence-electron chi connectivity index (χ2n) is 7.22. The summed E-state index contributed by atoms with van der Waals surface area (Å²) in [6, 6.07) is 9.90. The molecule has 2 aliphatic rings. The molecule has 1 saturated heterocycles. The monoisotopic (exact) mass is 286 g/mol. The van der Waals surface area contributed by atoms with Crippen molar-refractivity contribution in [3.05, 3.63) is 35.4 Å². The van der Waals surface area contributed by atoms with E-state index >= 15 is 0 Å². The first-order chi connectivity index (χ1) is 10.2. The van der Waals surface area contributed by atoms with Gasteiger partial charge < -0.3 is 0 Å². The maximum Gasteiger partial charge on any atom is 0.0234 e. The molecule has 2 fully saturated rings. The van der Waals surface area contributed by atoms with Gasteiger partial charge in [-0.2, -0.15) is 0 Å². The fraction of sp³-hybridized carbons (Fsp3) is 0.684. The number of aryl methyl sites for hydroxylation is 1. The van der Waals surface area contributed by atoms with Gasteiger partial charge in [-0.25, -0.2) is 0 Å². The topological polar surface area (TPSA) is 6.48 Å². The van der Waals surface area contributed by atoms with Crippen LogP contribution in [0.4, 0.5) is 0 Å². The lowest BCUT2D eigenvalue weighted by Gasteiger charge is -2.42. The summed E-state index contributed by atoms with van der Waals surface area (Å²) >= 11 is 0. The number of nitrogens with zero attached hydrogens (tertiary/aromatic N) is 2. The summed E-state index contributed by atoms with van der Waals surface area (Å²) in [6.45, 7) is 10.7. The van der Waals surface area contributed by atoms with Crippen molar-refractivity contribution >= 4 is 0 Å². The molecule has 0 N–H and O–H groups in total. The predicted molar refractivity (Wildman–Crippen MR) is 89.4 cm³/mol. The highest BCUT2D eigenvalue weighted by Gasteiger charge is 2.27. The molecule has 1 aliphatic carbocycles. The predicted octanol–water partition coefficient (Wildman–Crippen LogP) is 3.69. The zero-order chi connectivity index (χ0) is 14.7. The molecule has 1 saturated carbocycles. The molecule has 3 rings (SSSR count). The van der Waals surface area contributed by atoms with E-state index in [-0.39, 0.29) is 0 Å². The van der Waals surface area contributed by atoms with E-state index in [0.717, 1.165) is 18.5 Å². The van der Waals surface area contributed by atoms with E-state index in [4.69, 9.17) is 0 Å². The highest BCUT2D eigenvalue weighted by molar-refractivity contribution is 5.21. The Morgan fingerprint density at radius 3 is 2.38 bits per heavy atom. The molecule has 2 unspecified atom stereocenters. The molecule has 1 aromatic rings. The maximum absolute atomic E-state index is 2.77.